The Labute approximate surface area is 149 Å². The molecule has 6 nitrogen and oxygen atoms in total. The first-order valence-electron chi connectivity index (χ1n) is 8.60. The van der Waals surface area contributed by atoms with Gasteiger partial charge >= 0.3 is 0 Å². The van der Waals surface area contributed by atoms with Gasteiger partial charge in [0.25, 0.3) is 0 Å². The molecule has 0 radical (unpaired) electrons. The molecule has 2 heterocycles. The summed E-state index contributed by atoms with van der Waals surface area (Å²) in [5.41, 5.74) is 3.22. The molecule has 0 N–H and O–H groups in total. The molecule has 3 rings (SSSR count). The fourth-order valence-corrected chi connectivity index (χ4v) is 3.05. The summed E-state index contributed by atoms with van der Waals surface area (Å²) in [7, 11) is 3.37. The van der Waals surface area contributed by atoms with Gasteiger partial charge in [-0.05, 0) is 24.6 Å². The van der Waals surface area contributed by atoms with Crippen molar-refractivity contribution in [3.63, 3.8) is 0 Å². The maximum atomic E-state index is 5.36. The molecule has 0 unspecified atom stereocenters. The average molecular weight is 342 g/mol. The third-order valence-corrected chi connectivity index (χ3v) is 4.50. The lowest BCUT2D eigenvalue weighted by Gasteiger charge is -2.34. The number of piperazine rings is 1. The zero-order valence-electron chi connectivity index (χ0n) is 15.2. The van der Waals surface area contributed by atoms with Crippen molar-refractivity contribution < 1.29 is 9.47 Å². The predicted octanol–water partition coefficient (Wildman–Crippen LogP) is 2.12. The zero-order chi connectivity index (χ0) is 17.6. The van der Waals surface area contributed by atoms with E-state index in [-0.39, 0.29) is 0 Å². The number of nitrogens with zero attached hydrogens (tertiary/aromatic N) is 4. The molecule has 0 atom stereocenters. The SMILES string of the molecule is COc1cc(CN2CCN(Cc3cnc(C)cn3)CC2)cc(OC)c1. The van der Waals surface area contributed by atoms with E-state index in [2.05, 4.69) is 31.9 Å². The molecule has 0 bridgehead atoms. The predicted molar refractivity (Wildman–Crippen MR) is 96.9 cm³/mol. The molecular formula is C19H26N4O2. The average Bonchev–Trinajstić information content (AvgIpc) is 2.65. The fraction of sp³-hybridized carbons (Fsp3) is 0.474. The first kappa shape index (κ1) is 17.6. The van der Waals surface area contributed by atoms with Crippen molar-refractivity contribution in [3.8, 4) is 11.5 Å². The maximum absolute atomic E-state index is 5.36. The van der Waals surface area contributed by atoms with Crippen LogP contribution in [0.1, 0.15) is 17.0 Å². The van der Waals surface area contributed by atoms with E-state index in [9.17, 15) is 0 Å². The maximum Gasteiger partial charge on any atom is 0.122 e. The third kappa shape index (κ3) is 4.90. The molecule has 0 saturated carbocycles. The lowest BCUT2D eigenvalue weighted by atomic mass is 10.1. The molecular weight excluding hydrogens is 316 g/mol. The number of rotatable bonds is 6. The monoisotopic (exact) mass is 342 g/mol. The normalized spacial score (nSPS) is 16.0. The number of ether oxygens (including phenoxy) is 2. The highest BCUT2D eigenvalue weighted by Gasteiger charge is 2.18. The van der Waals surface area contributed by atoms with Crippen LogP contribution >= 0.6 is 0 Å². The van der Waals surface area contributed by atoms with E-state index in [0.29, 0.717) is 0 Å². The molecule has 0 amide bonds. The summed E-state index contributed by atoms with van der Waals surface area (Å²) in [5, 5.41) is 0. The van der Waals surface area contributed by atoms with Gasteiger partial charge in [0, 0.05) is 57.7 Å². The first-order chi connectivity index (χ1) is 12.2. The summed E-state index contributed by atoms with van der Waals surface area (Å²) >= 11 is 0. The van der Waals surface area contributed by atoms with E-state index < -0.39 is 0 Å². The van der Waals surface area contributed by atoms with Crippen LogP contribution in [0.4, 0.5) is 0 Å². The summed E-state index contributed by atoms with van der Waals surface area (Å²) < 4.78 is 10.7. The second-order valence-corrected chi connectivity index (χ2v) is 6.42. The molecule has 134 valence electrons. The largest absolute Gasteiger partial charge is 0.497 e. The van der Waals surface area contributed by atoms with Gasteiger partial charge < -0.3 is 9.47 Å². The topological polar surface area (TPSA) is 50.7 Å². The summed E-state index contributed by atoms with van der Waals surface area (Å²) in [6.07, 6.45) is 3.71. The molecule has 1 saturated heterocycles. The molecule has 1 fully saturated rings. The lowest BCUT2D eigenvalue weighted by molar-refractivity contribution is 0.121. The Bertz CT molecular complexity index is 660. The molecule has 1 aliphatic heterocycles. The Morgan fingerprint density at radius 3 is 1.96 bits per heavy atom. The third-order valence-electron chi connectivity index (χ3n) is 4.50. The number of hydrogen-bond donors (Lipinski definition) is 0. The summed E-state index contributed by atoms with van der Waals surface area (Å²) in [6, 6.07) is 6.07. The van der Waals surface area contributed by atoms with E-state index in [4.69, 9.17) is 9.47 Å². The van der Waals surface area contributed by atoms with Gasteiger partial charge in [-0.1, -0.05) is 0 Å². The Kier molecular flexibility index (Phi) is 5.83. The smallest absolute Gasteiger partial charge is 0.122 e. The Morgan fingerprint density at radius 2 is 1.44 bits per heavy atom. The van der Waals surface area contributed by atoms with E-state index >= 15 is 0 Å². The number of aromatic nitrogens is 2. The minimum atomic E-state index is 0.839. The van der Waals surface area contributed by atoms with Crippen LogP contribution in [0.15, 0.2) is 30.6 Å². The molecule has 6 heteroatoms. The van der Waals surface area contributed by atoms with Gasteiger partial charge in [0.05, 0.1) is 25.6 Å². The van der Waals surface area contributed by atoms with Gasteiger partial charge in [-0.3, -0.25) is 19.8 Å². The quantitative estimate of drug-likeness (QED) is 0.801. The van der Waals surface area contributed by atoms with Crippen LogP contribution < -0.4 is 9.47 Å². The van der Waals surface area contributed by atoms with Crippen molar-refractivity contribution in [1.82, 2.24) is 19.8 Å². The molecule has 0 aliphatic carbocycles. The van der Waals surface area contributed by atoms with Crippen LogP contribution in [-0.2, 0) is 13.1 Å². The molecule has 1 aromatic heterocycles. The van der Waals surface area contributed by atoms with Gasteiger partial charge in [-0.15, -0.1) is 0 Å². The minimum absolute atomic E-state index is 0.839. The lowest BCUT2D eigenvalue weighted by Crippen LogP contribution is -2.45. The summed E-state index contributed by atoms with van der Waals surface area (Å²) in [6.45, 7) is 7.90. The number of methoxy groups -OCH3 is 2. The number of benzene rings is 1. The molecule has 0 spiro atoms. The van der Waals surface area contributed by atoms with Crippen molar-refractivity contribution in [1.29, 1.82) is 0 Å². The van der Waals surface area contributed by atoms with Crippen molar-refractivity contribution in [2.45, 2.75) is 20.0 Å². The van der Waals surface area contributed by atoms with Crippen LogP contribution in [0.2, 0.25) is 0 Å². The molecule has 1 aliphatic rings. The minimum Gasteiger partial charge on any atom is -0.497 e. The summed E-state index contributed by atoms with van der Waals surface area (Å²) in [4.78, 5) is 13.7. The van der Waals surface area contributed by atoms with E-state index in [1.54, 1.807) is 14.2 Å². The molecule has 25 heavy (non-hydrogen) atoms. The second kappa shape index (κ2) is 8.27. The Balaban J connectivity index is 1.53. The standard InChI is InChI=1S/C19H26N4O2/c1-15-11-21-17(12-20-15)14-23-6-4-22(5-7-23)13-16-8-18(24-2)10-19(9-16)25-3/h8-12H,4-7,13-14H2,1-3H3. The van der Waals surface area contributed by atoms with Gasteiger partial charge in [-0.2, -0.15) is 0 Å². The van der Waals surface area contributed by atoms with Gasteiger partial charge in [0.2, 0.25) is 0 Å². The molecule has 2 aromatic rings. The zero-order valence-corrected chi connectivity index (χ0v) is 15.2. The van der Waals surface area contributed by atoms with Crippen LogP contribution in [-0.4, -0.2) is 60.2 Å². The van der Waals surface area contributed by atoms with Crippen LogP contribution in [0.5, 0.6) is 11.5 Å². The Morgan fingerprint density at radius 1 is 0.840 bits per heavy atom. The number of aryl methyl sites for hydroxylation is 1. The number of hydrogen-bond acceptors (Lipinski definition) is 6. The van der Waals surface area contributed by atoms with Crippen LogP contribution in [0.3, 0.4) is 0 Å². The van der Waals surface area contributed by atoms with Gasteiger partial charge in [0.1, 0.15) is 11.5 Å². The highest BCUT2D eigenvalue weighted by molar-refractivity contribution is 5.38. The Hall–Kier alpha value is -2.18. The highest BCUT2D eigenvalue weighted by Crippen LogP contribution is 2.23. The van der Waals surface area contributed by atoms with E-state index in [0.717, 1.165) is 62.2 Å². The highest BCUT2D eigenvalue weighted by atomic mass is 16.5. The van der Waals surface area contributed by atoms with Crippen molar-refractivity contribution in [3.05, 3.63) is 47.5 Å². The first-order valence-corrected chi connectivity index (χ1v) is 8.60. The van der Waals surface area contributed by atoms with Crippen molar-refractivity contribution in [2.75, 3.05) is 40.4 Å². The fourth-order valence-electron chi connectivity index (χ4n) is 3.05. The summed E-state index contributed by atoms with van der Waals surface area (Å²) in [5.74, 6) is 1.68. The van der Waals surface area contributed by atoms with Crippen LogP contribution in [0.25, 0.3) is 0 Å². The van der Waals surface area contributed by atoms with Crippen LogP contribution in [0, 0.1) is 6.92 Å². The van der Waals surface area contributed by atoms with Gasteiger partial charge in [-0.25, -0.2) is 0 Å². The van der Waals surface area contributed by atoms with Gasteiger partial charge in [0.15, 0.2) is 0 Å². The van der Waals surface area contributed by atoms with Crippen molar-refractivity contribution in [2.24, 2.45) is 0 Å². The second-order valence-electron chi connectivity index (χ2n) is 6.42. The molecule has 1 aromatic carbocycles. The van der Waals surface area contributed by atoms with E-state index in [1.807, 2.05) is 25.4 Å². The van der Waals surface area contributed by atoms with E-state index in [1.165, 1.54) is 5.56 Å². The van der Waals surface area contributed by atoms with Crippen molar-refractivity contribution >= 4 is 0 Å².